The zero-order valence-corrected chi connectivity index (χ0v) is 22.6. The van der Waals surface area contributed by atoms with Crippen LogP contribution in [0.5, 0.6) is 0 Å². The number of Topliss-reactive ketones (excluding diaryl/α,β-unsaturated/α-hetero) is 1. The number of aromatic nitrogens is 2. The van der Waals surface area contributed by atoms with E-state index in [0.717, 1.165) is 11.3 Å². The molecule has 1 aromatic heterocycles. The molecule has 2 aromatic carbocycles. The third kappa shape index (κ3) is 4.86. The van der Waals surface area contributed by atoms with Gasteiger partial charge in [0.05, 0.1) is 11.4 Å². The van der Waals surface area contributed by atoms with E-state index in [4.69, 9.17) is 17.3 Å². The van der Waals surface area contributed by atoms with E-state index in [2.05, 4.69) is 36.8 Å². The van der Waals surface area contributed by atoms with Gasteiger partial charge in [-0.25, -0.2) is 4.79 Å². The van der Waals surface area contributed by atoms with Crippen molar-refractivity contribution >= 4 is 60.8 Å². The van der Waals surface area contributed by atoms with Crippen molar-refractivity contribution in [3.63, 3.8) is 0 Å². The molecule has 2 aliphatic rings. The van der Waals surface area contributed by atoms with Crippen LogP contribution in [0.15, 0.2) is 56.3 Å². The summed E-state index contributed by atoms with van der Waals surface area (Å²) in [4.78, 5) is 43.3. The molecule has 2 atom stereocenters. The topological polar surface area (TPSA) is 101 Å². The van der Waals surface area contributed by atoms with Gasteiger partial charge in [0, 0.05) is 62.3 Å². The second-order valence-electron chi connectivity index (χ2n) is 9.11. The molecule has 182 valence electrons. The van der Waals surface area contributed by atoms with Gasteiger partial charge in [0.15, 0.2) is 5.78 Å². The first-order valence-electron chi connectivity index (χ1n) is 11.4. The molecule has 7 nitrogen and oxygen atoms in total. The quantitative estimate of drug-likeness (QED) is 0.299. The molecule has 0 bridgehead atoms. The number of aromatic amines is 1. The summed E-state index contributed by atoms with van der Waals surface area (Å²) in [5.74, 6) is -0.586. The van der Waals surface area contributed by atoms with E-state index in [1.807, 2.05) is 29.3 Å². The Balaban J connectivity index is 1.20. The number of rotatable bonds is 5. The van der Waals surface area contributed by atoms with Crippen molar-refractivity contribution in [2.45, 2.75) is 25.3 Å². The second-order valence-corrected chi connectivity index (χ2v) is 11.3. The number of likely N-dealkylation sites (tertiary alicyclic amines) is 1. The first kappa shape index (κ1) is 24.3. The molecule has 1 amide bonds. The van der Waals surface area contributed by atoms with E-state index in [1.54, 1.807) is 22.8 Å². The van der Waals surface area contributed by atoms with E-state index in [1.165, 1.54) is 0 Å². The maximum Gasteiger partial charge on any atom is 0.326 e. The van der Waals surface area contributed by atoms with E-state index >= 15 is 0 Å². The van der Waals surface area contributed by atoms with Crippen molar-refractivity contribution in [1.82, 2.24) is 14.5 Å². The molecule has 1 saturated carbocycles. The highest BCUT2D eigenvalue weighted by molar-refractivity contribution is 9.11. The molecule has 1 aliphatic carbocycles. The first-order valence-corrected chi connectivity index (χ1v) is 13.3. The number of amides is 1. The highest BCUT2D eigenvalue weighted by Gasteiger charge is 2.50. The minimum absolute atomic E-state index is 0.0110. The lowest BCUT2D eigenvalue weighted by Crippen LogP contribution is -2.41. The van der Waals surface area contributed by atoms with Crippen LogP contribution < -0.4 is 11.4 Å². The van der Waals surface area contributed by atoms with Crippen LogP contribution in [0.1, 0.15) is 35.7 Å². The summed E-state index contributed by atoms with van der Waals surface area (Å²) in [6.45, 7) is 1.12. The fraction of sp³-hybridized carbons (Fsp3) is 0.320. The Hall–Kier alpha value is -2.36. The number of piperidine rings is 1. The second kappa shape index (κ2) is 9.59. The number of hydrogen-bond donors (Lipinski definition) is 2. The fourth-order valence-corrected chi connectivity index (χ4v) is 6.16. The Morgan fingerprint density at radius 1 is 1.06 bits per heavy atom. The summed E-state index contributed by atoms with van der Waals surface area (Å²) in [7, 11) is 0. The Morgan fingerprint density at radius 2 is 1.74 bits per heavy atom. The van der Waals surface area contributed by atoms with Crippen LogP contribution in [-0.2, 0) is 4.79 Å². The van der Waals surface area contributed by atoms with Crippen LogP contribution >= 0.6 is 43.5 Å². The molecular weight excluding hydrogens is 600 g/mol. The number of ketones is 1. The van der Waals surface area contributed by atoms with Crippen LogP contribution in [0.25, 0.3) is 11.3 Å². The number of nitrogen functional groups attached to an aromatic ring is 1. The summed E-state index contributed by atoms with van der Waals surface area (Å²) < 4.78 is 3.02. The van der Waals surface area contributed by atoms with Crippen LogP contribution in [0, 0.1) is 11.8 Å². The van der Waals surface area contributed by atoms with Gasteiger partial charge in [-0.05, 0) is 75.4 Å². The number of nitrogens with two attached hydrogens (primary N) is 1. The van der Waals surface area contributed by atoms with Crippen molar-refractivity contribution in [2.24, 2.45) is 11.8 Å². The molecule has 3 aromatic rings. The fourth-order valence-electron chi connectivity index (χ4n) is 4.78. The highest BCUT2D eigenvalue weighted by Crippen LogP contribution is 2.44. The molecule has 3 N–H and O–H groups in total. The van der Waals surface area contributed by atoms with Gasteiger partial charge >= 0.3 is 5.69 Å². The summed E-state index contributed by atoms with van der Waals surface area (Å²) in [5.41, 5.74) is 8.40. The summed E-state index contributed by atoms with van der Waals surface area (Å²) >= 11 is 12.8. The van der Waals surface area contributed by atoms with Gasteiger partial charge in [-0.15, -0.1) is 0 Å². The van der Waals surface area contributed by atoms with E-state index < -0.39 is 0 Å². The summed E-state index contributed by atoms with van der Waals surface area (Å²) in [5, 5.41) is 0.608. The normalized spacial score (nSPS) is 20.1. The lowest BCUT2D eigenvalue weighted by molar-refractivity contribution is -0.134. The van der Waals surface area contributed by atoms with Gasteiger partial charge in [0.1, 0.15) is 0 Å². The van der Waals surface area contributed by atoms with E-state index in [0.29, 0.717) is 57.6 Å². The van der Waals surface area contributed by atoms with Gasteiger partial charge in [-0.2, -0.15) is 0 Å². The zero-order chi connectivity index (χ0) is 24.9. The molecule has 35 heavy (non-hydrogen) atoms. The molecule has 0 spiro atoms. The van der Waals surface area contributed by atoms with E-state index in [9.17, 15) is 14.4 Å². The van der Waals surface area contributed by atoms with Gasteiger partial charge in [-0.3, -0.25) is 14.2 Å². The number of nitrogens with one attached hydrogen (secondary N) is 1. The molecule has 1 saturated heterocycles. The standard InChI is InChI=1S/C25H23Br2ClN4O3/c26-19-9-14(10-20(27)22(19)29)23(33)17-11-18(17)24(34)31-6-4-16(5-7-31)32-12-21(30-25(32)35)13-2-1-3-15(28)8-13/h1-3,8-10,12,16-18H,4-7,11,29H2,(H,30,35). The minimum Gasteiger partial charge on any atom is -0.397 e. The van der Waals surface area contributed by atoms with Crippen LogP contribution in [0.4, 0.5) is 5.69 Å². The monoisotopic (exact) mass is 620 g/mol. The van der Waals surface area contributed by atoms with Gasteiger partial charge in [0.2, 0.25) is 5.91 Å². The predicted octanol–water partition coefficient (Wildman–Crippen LogP) is 5.29. The highest BCUT2D eigenvalue weighted by atomic mass is 79.9. The third-order valence-corrected chi connectivity index (χ3v) is 8.40. The van der Waals surface area contributed by atoms with Crippen molar-refractivity contribution in [1.29, 1.82) is 0 Å². The lowest BCUT2D eigenvalue weighted by atomic mass is 10.0. The van der Waals surface area contributed by atoms with Crippen molar-refractivity contribution in [2.75, 3.05) is 18.8 Å². The van der Waals surface area contributed by atoms with Gasteiger partial charge < -0.3 is 15.6 Å². The number of benzene rings is 2. The van der Waals surface area contributed by atoms with E-state index in [-0.39, 0.29) is 35.3 Å². The largest absolute Gasteiger partial charge is 0.397 e. The SMILES string of the molecule is Nc1c(Br)cc(C(=O)C2CC2C(=O)N2CCC(n3cc(-c4cccc(Cl)c4)[nH]c3=O)CC2)cc1Br. The number of imidazole rings is 1. The molecular formula is C25H23Br2ClN4O3. The van der Waals surface area contributed by atoms with Crippen molar-refractivity contribution < 1.29 is 9.59 Å². The zero-order valence-electron chi connectivity index (χ0n) is 18.6. The Labute approximate surface area is 223 Å². The predicted molar refractivity (Wildman–Crippen MR) is 143 cm³/mol. The molecule has 2 fully saturated rings. The molecule has 2 unspecified atom stereocenters. The number of carbonyl (C=O) groups is 2. The van der Waals surface area contributed by atoms with Crippen LogP contribution in [0.2, 0.25) is 5.02 Å². The van der Waals surface area contributed by atoms with Gasteiger partial charge in [0.25, 0.3) is 0 Å². The molecule has 2 heterocycles. The number of nitrogens with zero attached hydrogens (tertiary/aromatic N) is 2. The third-order valence-electron chi connectivity index (χ3n) is 6.86. The van der Waals surface area contributed by atoms with Gasteiger partial charge in [-0.1, -0.05) is 23.7 Å². The molecule has 1 aliphatic heterocycles. The number of anilines is 1. The number of H-pyrrole nitrogens is 1. The maximum atomic E-state index is 13.1. The number of hydrogen-bond acceptors (Lipinski definition) is 4. The first-order chi connectivity index (χ1) is 16.7. The van der Waals surface area contributed by atoms with Crippen molar-refractivity contribution in [3.8, 4) is 11.3 Å². The van der Waals surface area contributed by atoms with Crippen molar-refractivity contribution in [3.05, 3.63) is 72.6 Å². The minimum atomic E-state index is -0.296. The number of halogens is 3. The average Bonchev–Trinajstić information content (AvgIpc) is 3.55. The maximum absolute atomic E-state index is 13.1. The Kier molecular flexibility index (Phi) is 6.67. The molecule has 0 radical (unpaired) electrons. The molecule has 10 heteroatoms. The average molecular weight is 623 g/mol. The number of carbonyl (C=O) groups excluding carboxylic acids is 2. The Morgan fingerprint density at radius 3 is 2.40 bits per heavy atom. The summed E-state index contributed by atoms with van der Waals surface area (Å²) in [6, 6.07) is 10.8. The van der Waals surface area contributed by atoms with Crippen LogP contribution in [-0.4, -0.2) is 39.2 Å². The lowest BCUT2D eigenvalue weighted by Gasteiger charge is -2.32. The molecule has 5 rings (SSSR count). The Bertz CT molecular complexity index is 1350. The summed E-state index contributed by atoms with van der Waals surface area (Å²) in [6.07, 6.45) is 3.76. The van der Waals surface area contributed by atoms with Crippen LogP contribution in [0.3, 0.4) is 0 Å². The smallest absolute Gasteiger partial charge is 0.326 e.